The summed E-state index contributed by atoms with van der Waals surface area (Å²) < 4.78 is 0. The van der Waals surface area contributed by atoms with Crippen molar-refractivity contribution in [2.75, 3.05) is 0 Å². The molecule has 0 radical (unpaired) electrons. The highest BCUT2D eigenvalue weighted by atomic mass is 32.1. The second-order valence-electron chi connectivity index (χ2n) is 2.56. The van der Waals surface area contributed by atoms with Crippen LogP contribution in [-0.4, -0.2) is 11.3 Å². The van der Waals surface area contributed by atoms with Crippen LogP contribution in [0.5, 0.6) is 0 Å². The van der Waals surface area contributed by atoms with Crippen LogP contribution in [0.15, 0.2) is 36.0 Å². The van der Waals surface area contributed by atoms with Gasteiger partial charge in [-0.25, -0.2) is 0 Å². The van der Waals surface area contributed by atoms with Gasteiger partial charge >= 0.3 is 0 Å². The molecule has 2 aromatic heterocycles. The van der Waals surface area contributed by atoms with E-state index < -0.39 is 0 Å². The molecule has 0 unspecified atom stereocenters. The maximum Gasteiger partial charge on any atom is 0.152 e. The minimum atomic E-state index is 0.643. The van der Waals surface area contributed by atoms with Crippen LogP contribution in [-0.2, 0) is 0 Å². The standard InChI is InChI=1S/C10H7NOS/c12-7-8-6-11-4-3-9(8)10-2-1-5-13-10/h1-7H. The quantitative estimate of drug-likeness (QED) is 0.680. The third-order valence-corrected chi connectivity index (χ3v) is 2.67. The van der Waals surface area contributed by atoms with Crippen molar-refractivity contribution in [1.29, 1.82) is 0 Å². The van der Waals surface area contributed by atoms with Gasteiger partial charge in [-0.3, -0.25) is 9.78 Å². The number of rotatable bonds is 2. The number of hydrogen-bond donors (Lipinski definition) is 0. The first-order chi connectivity index (χ1) is 6.42. The van der Waals surface area contributed by atoms with E-state index in [4.69, 9.17) is 0 Å². The number of carbonyl (C=O) groups excluding carboxylic acids is 1. The van der Waals surface area contributed by atoms with E-state index in [1.54, 1.807) is 23.7 Å². The lowest BCUT2D eigenvalue weighted by atomic mass is 10.1. The largest absolute Gasteiger partial charge is 0.298 e. The van der Waals surface area contributed by atoms with Gasteiger partial charge in [-0.15, -0.1) is 11.3 Å². The van der Waals surface area contributed by atoms with Crippen molar-refractivity contribution in [2.24, 2.45) is 0 Å². The summed E-state index contributed by atoms with van der Waals surface area (Å²) in [6.07, 6.45) is 4.12. The van der Waals surface area contributed by atoms with Crippen molar-refractivity contribution in [3.63, 3.8) is 0 Å². The first-order valence-electron chi connectivity index (χ1n) is 3.85. The van der Waals surface area contributed by atoms with Crippen LogP contribution >= 0.6 is 11.3 Å². The van der Waals surface area contributed by atoms with Gasteiger partial charge in [-0.1, -0.05) is 6.07 Å². The topological polar surface area (TPSA) is 30.0 Å². The van der Waals surface area contributed by atoms with Gasteiger partial charge in [0.2, 0.25) is 0 Å². The van der Waals surface area contributed by atoms with Gasteiger partial charge < -0.3 is 0 Å². The Morgan fingerprint density at radius 1 is 1.38 bits per heavy atom. The molecule has 0 aliphatic rings. The molecule has 0 fully saturated rings. The molecule has 13 heavy (non-hydrogen) atoms. The molecule has 0 bridgehead atoms. The molecule has 2 nitrogen and oxygen atoms in total. The normalized spacial score (nSPS) is 9.85. The fraction of sp³-hybridized carbons (Fsp3) is 0. The van der Waals surface area contributed by atoms with Gasteiger partial charge in [0.05, 0.1) is 0 Å². The minimum absolute atomic E-state index is 0.643. The molecule has 2 heterocycles. The maximum absolute atomic E-state index is 10.7. The zero-order valence-corrected chi connectivity index (χ0v) is 7.62. The first kappa shape index (κ1) is 8.13. The molecule has 0 spiro atoms. The molecule has 0 aromatic carbocycles. The smallest absolute Gasteiger partial charge is 0.152 e. The number of pyridine rings is 1. The minimum Gasteiger partial charge on any atom is -0.298 e. The predicted molar refractivity (Wildman–Crippen MR) is 52.9 cm³/mol. The van der Waals surface area contributed by atoms with E-state index in [-0.39, 0.29) is 0 Å². The molecule has 3 heteroatoms. The molecule has 0 saturated heterocycles. The zero-order valence-electron chi connectivity index (χ0n) is 6.81. The SMILES string of the molecule is O=Cc1cnccc1-c1cccs1. The lowest BCUT2D eigenvalue weighted by Crippen LogP contribution is -1.85. The Morgan fingerprint density at radius 3 is 3.00 bits per heavy atom. The molecule has 64 valence electrons. The van der Waals surface area contributed by atoms with Crippen LogP contribution < -0.4 is 0 Å². The van der Waals surface area contributed by atoms with E-state index in [2.05, 4.69) is 4.98 Å². The maximum atomic E-state index is 10.7. The van der Waals surface area contributed by atoms with Gasteiger partial charge in [0.15, 0.2) is 6.29 Å². The second kappa shape index (κ2) is 3.49. The summed E-state index contributed by atoms with van der Waals surface area (Å²) in [6, 6.07) is 5.82. The summed E-state index contributed by atoms with van der Waals surface area (Å²) in [5, 5.41) is 1.99. The number of thiophene rings is 1. The molecule has 0 amide bonds. The van der Waals surface area contributed by atoms with Gasteiger partial charge in [0.1, 0.15) is 0 Å². The second-order valence-corrected chi connectivity index (χ2v) is 3.51. The number of aldehydes is 1. The van der Waals surface area contributed by atoms with Gasteiger partial charge in [-0.2, -0.15) is 0 Å². The summed E-state index contributed by atoms with van der Waals surface area (Å²) >= 11 is 1.62. The molecule has 0 N–H and O–H groups in total. The highest BCUT2D eigenvalue weighted by molar-refractivity contribution is 7.13. The van der Waals surface area contributed by atoms with Crippen molar-refractivity contribution in [3.05, 3.63) is 41.5 Å². The lowest BCUT2D eigenvalue weighted by molar-refractivity contribution is 0.112. The van der Waals surface area contributed by atoms with Crippen LogP contribution in [0.1, 0.15) is 10.4 Å². The molecule has 0 aliphatic heterocycles. The molecule has 0 atom stereocenters. The molecule has 2 rings (SSSR count). The van der Waals surface area contributed by atoms with Crippen molar-refractivity contribution in [3.8, 4) is 10.4 Å². The lowest BCUT2D eigenvalue weighted by Gasteiger charge is -1.98. The molecule has 2 aromatic rings. The highest BCUT2D eigenvalue weighted by Gasteiger charge is 2.03. The fourth-order valence-electron chi connectivity index (χ4n) is 1.16. The molecular formula is C10H7NOS. The van der Waals surface area contributed by atoms with E-state index in [1.807, 2.05) is 23.6 Å². The third-order valence-electron chi connectivity index (χ3n) is 1.77. The Hall–Kier alpha value is -1.48. The van der Waals surface area contributed by atoms with Gasteiger partial charge in [-0.05, 0) is 17.5 Å². The molecule has 0 aliphatic carbocycles. The summed E-state index contributed by atoms with van der Waals surface area (Å²) in [5.74, 6) is 0. The Kier molecular flexibility index (Phi) is 2.19. The van der Waals surface area contributed by atoms with Crippen LogP contribution in [0.4, 0.5) is 0 Å². The summed E-state index contributed by atoms with van der Waals surface area (Å²) in [5.41, 5.74) is 1.60. The van der Waals surface area contributed by atoms with Gasteiger partial charge in [0.25, 0.3) is 0 Å². The average molecular weight is 189 g/mol. The molecule has 0 saturated carbocycles. The van der Waals surface area contributed by atoms with Crippen molar-refractivity contribution >= 4 is 17.6 Å². The van der Waals surface area contributed by atoms with Crippen LogP contribution in [0, 0.1) is 0 Å². The highest BCUT2D eigenvalue weighted by Crippen LogP contribution is 2.26. The monoisotopic (exact) mass is 189 g/mol. The number of hydrogen-bond acceptors (Lipinski definition) is 3. The van der Waals surface area contributed by atoms with E-state index in [0.717, 1.165) is 16.7 Å². The first-order valence-corrected chi connectivity index (χ1v) is 4.73. The summed E-state index contributed by atoms with van der Waals surface area (Å²) in [6.45, 7) is 0. The van der Waals surface area contributed by atoms with Crippen molar-refractivity contribution in [1.82, 2.24) is 4.98 Å². The Balaban J connectivity index is 2.57. The van der Waals surface area contributed by atoms with Crippen molar-refractivity contribution < 1.29 is 4.79 Å². The number of nitrogens with zero attached hydrogens (tertiary/aromatic N) is 1. The van der Waals surface area contributed by atoms with Crippen LogP contribution in [0.25, 0.3) is 10.4 Å². The van der Waals surface area contributed by atoms with Crippen LogP contribution in [0.3, 0.4) is 0 Å². The zero-order chi connectivity index (χ0) is 9.10. The third kappa shape index (κ3) is 1.51. The molecular weight excluding hydrogens is 182 g/mol. The van der Waals surface area contributed by atoms with E-state index in [9.17, 15) is 4.79 Å². The van der Waals surface area contributed by atoms with E-state index in [1.165, 1.54) is 0 Å². The van der Waals surface area contributed by atoms with Gasteiger partial charge in [0, 0.05) is 28.4 Å². The number of carbonyl (C=O) groups is 1. The Bertz CT molecular complexity index is 409. The Morgan fingerprint density at radius 2 is 2.31 bits per heavy atom. The Labute approximate surface area is 79.9 Å². The van der Waals surface area contributed by atoms with Crippen LogP contribution in [0.2, 0.25) is 0 Å². The number of aromatic nitrogens is 1. The fourth-order valence-corrected chi connectivity index (χ4v) is 1.93. The summed E-state index contributed by atoms with van der Waals surface area (Å²) in [4.78, 5) is 15.7. The average Bonchev–Trinajstić information content (AvgIpc) is 2.70. The summed E-state index contributed by atoms with van der Waals surface area (Å²) in [7, 11) is 0. The van der Waals surface area contributed by atoms with E-state index >= 15 is 0 Å². The van der Waals surface area contributed by atoms with E-state index in [0.29, 0.717) is 5.56 Å². The predicted octanol–water partition coefficient (Wildman–Crippen LogP) is 2.62. The van der Waals surface area contributed by atoms with Crippen molar-refractivity contribution in [2.45, 2.75) is 0 Å².